The van der Waals surface area contributed by atoms with E-state index >= 15 is 0 Å². The number of benzene rings is 2. The number of ether oxygens (including phenoxy) is 2. The largest absolute Gasteiger partial charge is 0.494 e. The Morgan fingerprint density at radius 2 is 1.83 bits per heavy atom. The van der Waals surface area contributed by atoms with E-state index in [1.165, 1.54) is 12.8 Å². The van der Waals surface area contributed by atoms with E-state index in [2.05, 4.69) is 5.32 Å². The molecule has 0 radical (unpaired) electrons. The van der Waals surface area contributed by atoms with E-state index in [9.17, 15) is 4.79 Å². The normalized spacial score (nSPS) is 17.0. The zero-order valence-electron chi connectivity index (χ0n) is 13.0. The highest BCUT2D eigenvalue weighted by molar-refractivity contribution is 5.91. The van der Waals surface area contributed by atoms with Gasteiger partial charge in [0.05, 0.1) is 12.2 Å². The Labute approximate surface area is 136 Å². The van der Waals surface area contributed by atoms with Crippen molar-refractivity contribution in [1.29, 1.82) is 0 Å². The molecule has 0 bridgehead atoms. The van der Waals surface area contributed by atoms with Crippen LogP contribution in [-0.4, -0.2) is 25.2 Å². The van der Waals surface area contributed by atoms with Crippen molar-refractivity contribution in [3.05, 3.63) is 60.2 Å². The molecule has 1 unspecified atom stereocenters. The van der Waals surface area contributed by atoms with Gasteiger partial charge in [0, 0.05) is 6.04 Å². The molecule has 1 N–H and O–H groups in total. The molecule has 1 heterocycles. The van der Waals surface area contributed by atoms with Crippen molar-refractivity contribution in [2.75, 3.05) is 13.2 Å². The summed E-state index contributed by atoms with van der Waals surface area (Å²) in [5, 5.41) is 3.45. The fourth-order valence-corrected chi connectivity index (χ4v) is 2.66. The number of hydrogen-bond acceptors (Lipinski definition) is 4. The molecule has 0 saturated carbocycles. The molecular weight excluding hydrogens is 290 g/mol. The molecule has 1 saturated heterocycles. The maximum absolute atomic E-state index is 12.0. The Hall–Kier alpha value is -2.33. The van der Waals surface area contributed by atoms with Crippen molar-refractivity contribution >= 4 is 5.97 Å². The van der Waals surface area contributed by atoms with E-state index in [4.69, 9.17) is 9.47 Å². The summed E-state index contributed by atoms with van der Waals surface area (Å²) in [6.45, 7) is 1.80. The van der Waals surface area contributed by atoms with Crippen molar-refractivity contribution in [1.82, 2.24) is 5.32 Å². The molecule has 2 aromatic carbocycles. The summed E-state index contributed by atoms with van der Waals surface area (Å²) >= 11 is 0. The lowest BCUT2D eigenvalue weighted by Crippen LogP contribution is -2.23. The van der Waals surface area contributed by atoms with Crippen LogP contribution in [0.2, 0.25) is 0 Å². The van der Waals surface area contributed by atoms with Crippen LogP contribution in [0.5, 0.6) is 11.5 Å². The van der Waals surface area contributed by atoms with E-state index in [0.29, 0.717) is 24.0 Å². The molecule has 2 aromatic rings. The second kappa shape index (κ2) is 7.79. The van der Waals surface area contributed by atoms with Gasteiger partial charge in [-0.2, -0.15) is 0 Å². The van der Waals surface area contributed by atoms with Crippen molar-refractivity contribution < 1.29 is 14.3 Å². The molecule has 120 valence electrons. The van der Waals surface area contributed by atoms with Gasteiger partial charge in [0.2, 0.25) is 0 Å². The quantitative estimate of drug-likeness (QED) is 0.656. The highest BCUT2D eigenvalue weighted by Gasteiger charge is 2.13. The number of para-hydroxylation sites is 1. The van der Waals surface area contributed by atoms with Gasteiger partial charge in [-0.3, -0.25) is 0 Å². The molecule has 3 rings (SSSR count). The number of carbonyl (C=O) groups excluding carboxylic acids is 1. The molecule has 1 atom stereocenters. The van der Waals surface area contributed by atoms with E-state index in [1.54, 1.807) is 24.3 Å². The third-order valence-corrected chi connectivity index (χ3v) is 3.94. The van der Waals surface area contributed by atoms with Gasteiger partial charge in [0.15, 0.2) is 0 Å². The molecular formula is C19H21NO3. The van der Waals surface area contributed by atoms with Gasteiger partial charge in [-0.05, 0) is 62.2 Å². The highest BCUT2D eigenvalue weighted by Crippen LogP contribution is 2.16. The third-order valence-electron chi connectivity index (χ3n) is 3.94. The van der Waals surface area contributed by atoms with Gasteiger partial charge in [-0.15, -0.1) is 0 Å². The van der Waals surface area contributed by atoms with E-state index in [0.717, 1.165) is 18.7 Å². The summed E-state index contributed by atoms with van der Waals surface area (Å²) in [6, 6.07) is 16.7. The van der Waals surface area contributed by atoms with Crippen LogP contribution in [0.1, 0.15) is 29.6 Å². The molecule has 4 nitrogen and oxygen atoms in total. The maximum Gasteiger partial charge on any atom is 0.343 e. The predicted octanol–water partition coefficient (Wildman–Crippen LogP) is 3.43. The van der Waals surface area contributed by atoms with Crippen LogP contribution in [0.15, 0.2) is 54.6 Å². The lowest BCUT2D eigenvalue weighted by Gasteiger charge is -2.11. The third kappa shape index (κ3) is 4.57. The number of esters is 1. The summed E-state index contributed by atoms with van der Waals surface area (Å²) in [4.78, 5) is 12.0. The first kappa shape index (κ1) is 15.6. The fraction of sp³-hybridized carbons (Fsp3) is 0.316. The van der Waals surface area contributed by atoms with Gasteiger partial charge in [0.25, 0.3) is 0 Å². The fourth-order valence-electron chi connectivity index (χ4n) is 2.66. The lowest BCUT2D eigenvalue weighted by atomic mass is 10.2. The second-order valence-corrected chi connectivity index (χ2v) is 5.66. The summed E-state index contributed by atoms with van der Waals surface area (Å²) < 4.78 is 11.0. The zero-order chi connectivity index (χ0) is 15.9. The Morgan fingerprint density at radius 3 is 2.52 bits per heavy atom. The Morgan fingerprint density at radius 1 is 1.04 bits per heavy atom. The van der Waals surface area contributed by atoms with Crippen molar-refractivity contribution in [3.8, 4) is 11.5 Å². The number of nitrogens with one attached hydrogen (secondary N) is 1. The van der Waals surface area contributed by atoms with Crippen LogP contribution < -0.4 is 14.8 Å². The SMILES string of the molecule is O=C(Oc1ccccc1)c1ccc(OCCC2CCCN2)cc1. The van der Waals surface area contributed by atoms with Crippen LogP contribution in [0.3, 0.4) is 0 Å². The minimum atomic E-state index is -0.363. The maximum atomic E-state index is 12.0. The summed E-state index contributed by atoms with van der Waals surface area (Å²) in [5.74, 6) is 0.957. The van der Waals surface area contributed by atoms with Crippen molar-refractivity contribution in [3.63, 3.8) is 0 Å². The van der Waals surface area contributed by atoms with Crippen molar-refractivity contribution in [2.45, 2.75) is 25.3 Å². The molecule has 23 heavy (non-hydrogen) atoms. The smallest absolute Gasteiger partial charge is 0.343 e. The Bertz CT molecular complexity index is 619. The summed E-state index contributed by atoms with van der Waals surface area (Å²) in [6.07, 6.45) is 3.49. The minimum Gasteiger partial charge on any atom is -0.494 e. The van der Waals surface area contributed by atoms with Crippen molar-refractivity contribution in [2.24, 2.45) is 0 Å². The Balaban J connectivity index is 1.49. The first-order valence-electron chi connectivity index (χ1n) is 8.05. The van der Waals surface area contributed by atoms with E-state index < -0.39 is 0 Å². The number of rotatable bonds is 6. The first-order valence-corrected chi connectivity index (χ1v) is 8.05. The van der Waals surface area contributed by atoms with Crippen LogP contribution in [0.25, 0.3) is 0 Å². The molecule has 1 fully saturated rings. The minimum absolute atomic E-state index is 0.363. The van der Waals surface area contributed by atoms with Gasteiger partial charge in [-0.1, -0.05) is 18.2 Å². The topological polar surface area (TPSA) is 47.6 Å². The second-order valence-electron chi connectivity index (χ2n) is 5.66. The lowest BCUT2D eigenvalue weighted by molar-refractivity contribution is 0.0734. The Kier molecular flexibility index (Phi) is 5.27. The molecule has 0 spiro atoms. The number of hydrogen-bond donors (Lipinski definition) is 1. The molecule has 4 heteroatoms. The summed E-state index contributed by atoms with van der Waals surface area (Å²) in [5.41, 5.74) is 0.513. The van der Waals surface area contributed by atoms with Gasteiger partial charge in [0.1, 0.15) is 11.5 Å². The highest BCUT2D eigenvalue weighted by atomic mass is 16.5. The van der Waals surface area contributed by atoms with E-state index in [-0.39, 0.29) is 5.97 Å². The van der Waals surface area contributed by atoms with Crippen LogP contribution in [0, 0.1) is 0 Å². The molecule has 0 amide bonds. The molecule has 0 aliphatic carbocycles. The average Bonchev–Trinajstić information content (AvgIpc) is 3.10. The van der Waals surface area contributed by atoms with Gasteiger partial charge in [-0.25, -0.2) is 4.79 Å². The average molecular weight is 311 g/mol. The predicted molar refractivity (Wildman–Crippen MR) is 89.0 cm³/mol. The van der Waals surface area contributed by atoms with Gasteiger partial charge >= 0.3 is 5.97 Å². The molecule has 0 aromatic heterocycles. The first-order chi connectivity index (χ1) is 11.3. The van der Waals surface area contributed by atoms with Crippen LogP contribution >= 0.6 is 0 Å². The van der Waals surface area contributed by atoms with E-state index in [1.807, 2.05) is 30.3 Å². The standard InChI is InChI=1S/C19H21NO3/c21-19(23-18-6-2-1-3-7-18)15-8-10-17(11-9-15)22-14-12-16-5-4-13-20-16/h1-3,6-11,16,20H,4-5,12-14H2. The molecule has 1 aliphatic rings. The van der Waals surface area contributed by atoms with Gasteiger partial charge < -0.3 is 14.8 Å². The van der Waals surface area contributed by atoms with Crippen LogP contribution in [0.4, 0.5) is 0 Å². The number of carbonyl (C=O) groups is 1. The summed E-state index contributed by atoms with van der Waals surface area (Å²) in [7, 11) is 0. The monoisotopic (exact) mass is 311 g/mol. The van der Waals surface area contributed by atoms with Crippen LogP contribution in [-0.2, 0) is 0 Å². The molecule has 1 aliphatic heterocycles. The zero-order valence-corrected chi connectivity index (χ0v) is 13.0.